The summed E-state index contributed by atoms with van der Waals surface area (Å²) in [5.74, 6) is 1.09. The molecule has 1 saturated heterocycles. The Morgan fingerprint density at radius 3 is 2.81 bits per heavy atom. The zero-order chi connectivity index (χ0) is 21.2. The van der Waals surface area contributed by atoms with E-state index in [1.165, 1.54) is 6.33 Å². The van der Waals surface area contributed by atoms with Gasteiger partial charge < -0.3 is 14.5 Å². The van der Waals surface area contributed by atoms with Crippen molar-refractivity contribution in [3.63, 3.8) is 0 Å². The van der Waals surface area contributed by atoms with Gasteiger partial charge in [-0.25, -0.2) is 9.97 Å². The molecule has 0 saturated carbocycles. The molecule has 2 aromatic heterocycles. The van der Waals surface area contributed by atoms with Gasteiger partial charge in [-0.1, -0.05) is 12.1 Å². The second kappa shape index (κ2) is 8.35. The van der Waals surface area contributed by atoms with E-state index < -0.39 is 0 Å². The minimum atomic E-state index is -0.130. The molecule has 7 heteroatoms. The number of benzene rings is 2. The highest BCUT2D eigenvalue weighted by Crippen LogP contribution is 2.37. The fraction of sp³-hybridized carbons (Fsp3) is 0.292. The lowest BCUT2D eigenvalue weighted by molar-refractivity contribution is -0.122. The van der Waals surface area contributed by atoms with Crippen molar-refractivity contribution >= 4 is 39.5 Å². The summed E-state index contributed by atoms with van der Waals surface area (Å²) in [5, 5.41) is 4.24. The molecular weight excluding hydrogens is 392 g/mol. The summed E-state index contributed by atoms with van der Waals surface area (Å²) in [5.41, 5.74) is 2.65. The third-order valence-electron chi connectivity index (χ3n) is 5.62. The number of para-hydroxylation sites is 1. The Kier molecular flexibility index (Phi) is 5.26. The van der Waals surface area contributed by atoms with Crippen LogP contribution in [0.1, 0.15) is 19.8 Å². The number of rotatable bonds is 5. The molecule has 5 rings (SSSR count). The molecule has 1 fully saturated rings. The van der Waals surface area contributed by atoms with Crippen molar-refractivity contribution in [2.75, 3.05) is 24.6 Å². The average molecular weight is 416 g/mol. The van der Waals surface area contributed by atoms with E-state index in [1.807, 2.05) is 55.5 Å². The van der Waals surface area contributed by atoms with Crippen LogP contribution >= 0.6 is 0 Å². The molecule has 0 aliphatic carbocycles. The van der Waals surface area contributed by atoms with E-state index >= 15 is 0 Å². The molecule has 3 heterocycles. The summed E-state index contributed by atoms with van der Waals surface area (Å²) in [7, 11) is 0. The Morgan fingerprint density at radius 1 is 1.19 bits per heavy atom. The van der Waals surface area contributed by atoms with Gasteiger partial charge in [-0.3, -0.25) is 9.69 Å². The van der Waals surface area contributed by atoms with Crippen LogP contribution in [0.4, 0.5) is 11.5 Å². The second-order valence-corrected chi connectivity index (χ2v) is 7.62. The number of nitrogens with one attached hydrogen (secondary N) is 1. The zero-order valence-electron chi connectivity index (χ0n) is 17.4. The number of hydrogen-bond acceptors (Lipinski definition) is 6. The fourth-order valence-corrected chi connectivity index (χ4v) is 4.13. The lowest BCUT2D eigenvalue weighted by Crippen LogP contribution is -2.41. The smallest absolute Gasteiger partial charge is 0.237 e. The zero-order valence-corrected chi connectivity index (χ0v) is 17.4. The molecule has 7 nitrogen and oxygen atoms in total. The van der Waals surface area contributed by atoms with Crippen molar-refractivity contribution in [2.45, 2.75) is 19.8 Å². The molecule has 1 atom stereocenters. The summed E-state index contributed by atoms with van der Waals surface area (Å²) >= 11 is 0. The van der Waals surface area contributed by atoms with Crippen LogP contribution in [0, 0.1) is 5.92 Å². The molecule has 1 amide bonds. The number of aromatic nitrogens is 2. The van der Waals surface area contributed by atoms with Gasteiger partial charge in [-0.2, -0.15) is 0 Å². The van der Waals surface area contributed by atoms with Crippen molar-refractivity contribution < 1.29 is 13.9 Å². The first-order valence-electron chi connectivity index (χ1n) is 10.7. The van der Waals surface area contributed by atoms with Crippen LogP contribution < -0.4 is 15.0 Å². The number of ether oxygens (including phenoxy) is 1. The predicted octanol–water partition coefficient (Wildman–Crippen LogP) is 4.44. The van der Waals surface area contributed by atoms with Gasteiger partial charge in [-0.15, -0.1) is 0 Å². The lowest BCUT2D eigenvalue weighted by atomic mass is 9.97. The Hall–Kier alpha value is -3.45. The highest BCUT2D eigenvalue weighted by molar-refractivity contribution is 6.11. The Bertz CT molecular complexity index is 1210. The minimum absolute atomic E-state index is 0.00295. The molecule has 1 unspecified atom stereocenters. The van der Waals surface area contributed by atoms with Crippen molar-refractivity contribution in [1.29, 1.82) is 0 Å². The Morgan fingerprint density at radius 2 is 2.03 bits per heavy atom. The number of hydrogen-bond donors (Lipinski definition) is 1. The second-order valence-electron chi connectivity index (χ2n) is 7.62. The predicted molar refractivity (Wildman–Crippen MR) is 120 cm³/mol. The minimum Gasteiger partial charge on any atom is -0.494 e. The van der Waals surface area contributed by atoms with Crippen LogP contribution in [0.5, 0.6) is 5.75 Å². The number of nitrogens with zero attached hydrogens (tertiary/aromatic N) is 3. The first kappa shape index (κ1) is 19.5. The van der Waals surface area contributed by atoms with E-state index in [9.17, 15) is 4.79 Å². The third-order valence-corrected chi connectivity index (χ3v) is 5.62. The van der Waals surface area contributed by atoms with Crippen LogP contribution in [-0.2, 0) is 4.79 Å². The quantitative estimate of drug-likeness (QED) is 0.518. The molecule has 0 bridgehead atoms. The number of carbonyl (C=O) groups excluding carboxylic acids is 1. The standard InChI is InChI=1S/C24H24N4O3/c1-2-30-18-11-9-17(10-12-18)28(24(29)16-6-5-13-25-14-16)23-22-21(26-15-27-23)19-7-3-4-8-20(19)31-22/h3-4,7-12,15-16,25H,2,5-6,13-14H2,1H3. The van der Waals surface area contributed by atoms with Gasteiger partial charge >= 0.3 is 0 Å². The molecule has 1 N–H and O–H groups in total. The van der Waals surface area contributed by atoms with Crippen LogP contribution in [0.3, 0.4) is 0 Å². The van der Waals surface area contributed by atoms with Gasteiger partial charge in [0.2, 0.25) is 5.91 Å². The Balaban J connectivity index is 1.65. The van der Waals surface area contributed by atoms with E-state index in [0.717, 1.165) is 41.8 Å². The number of amides is 1. The lowest BCUT2D eigenvalue weighted by Gasteiger charge is -2.29. The van der Waals surface area contributed by atoms with Crippen molar-refractivity contribution in [1.82, 2.24) is 15.3 Å². The number of fused-ring (bicyclic) bond motifs is 3. The van der Waals surface area contributed by atoms with Gasteiger partial charge in [0.15, 0.2) is 11.4 Å². The molecule has 1 aliphatic heterocycles. The number of carbonyl (C=O) groups is 1. The molecular formula is C24H24N4O3. The van der Waals surface area contributed by atoms with E-state index in [2.05, 4.69) is 15.3 Å². The average Bonchev–Trinajstić information content (AvgIpc) is 3.21. The maximum absolute atomic E-state index is 13.7. The monoisotopic (exact) mass is 416 g/mol. The van der Waals surface area contributed by atoms with E-state index in [-0.39, 0.29) is 11.8 Å². The summed E-state index contributed by atoms with van der Waals surface area (Å²) in [6, 6.07) is 15.2. The van der Waals surface area contributed by atoms with E-state index in [4.69, 9.17) is 9.15 Å². The summed E-state index contributed by atoms with van der Waals surface area (Å²) in [4.78, 5) is 24.3. The van der Waals surface area contributed by atoms with Gasteiger partial charge in [0.1, 0.15) is 23.2 Å². The fourth-order valence-electron chi connectivity index (χ4n) is 4.13. The van der Waals surface area contributed by atoms with E-state index in [1.54, 1.807) is 4.90 Å². The van der Waals surface area contributed by atoms with Gasteiger partial charge in [0, 0.05) is 11.9 Å². The number of piperidine rings is 1. The maximum Gasteiger partial charge on any atom is 0.237 e. The summed E-state index contributed by atoms with van der Waals surface area (Å²) in [6.45, 7) is 4.12. The first-order valence-corrected chi connectivity index (χ1v) is 10.7. The molecule has 31 heavy (non-hydrogen) atoms. The van der Waals surface area contributed by atoms with E-state index in [0.29, 0.717) is 30.1 Å². The number of furan rings is 1. The third kappa shape index (κ3) is 3.61. The molecule has 0 radical (unpaired) electrons. The number of anilines is 2. The summed E-state index contributed by atoms with van der Waals surface area (Å²) in [6.07, 6.45) is 3.30. The Labute approximate surface area is 180 Å². The highest BCUT2D eigenvalue weighted by atomic mass is 16.5. The van der Waals surface area contributed by atoms with Crippen LogP contribution in [0.25, 0.3) is 22.1 Å². The molecule has 2 aromatic carbocycles. The largest absolute Gasteiger partial charge is 0.494 e. The van der Waals surface area contributed by atoms with Crippen LogP contribution in [0.15, 0.2) is 59.3 Å². The van der Waals surface area contributed by atoms with Crippen molar-refractivity contribution in [3.8, 4) is 5.75 Å². The maximum atomic E-state index is 13.7. The van der Waals surface area contributed by atoms with Crippen molar-refractivity contribution in [3.05, 3.63) is 54.9 Å². The molecule has 158 valence electrons. The molecule has 4 aromatic rings. The molecule has 1 aliphatic rings. The van der Waals surface area contributed by atoms with Gasteiger partial charge in [0.05, 0.1) is 18.2 Å². The highest BCUT2D eigenvalue weighted by Gasteiger charge is 2.31. The summed E-state index contributed by atoms with van der Waals surface area (Å²) < 4.78 is 11.7. The first-order chi connectivity index (χ1) is 15.3. The van der Waals surface area contributed by atoms with Gasteiger partial charge in [-0.05, 0) is 62.7 Å². The normalized spacial score (nSPS) is 16.5. The van der Waals surface area contributed by atoms with Crippen LogP contribution in [-0.4, -0.2) is 35.6 Å². The molecule has 0 spiro atoms. The van der Waals surface area contributed by atoms with Crippen molar-refractivity contribution in [2.24, 2.45) is 5.92 Å². The van der Waals surface area contributed by atoms with Gasteiger partial charge in [0.25, 0.3) is 0 Å². The SMILES string of the molecule is CCOc1ccc(N(C(=O)C2CCCNC2)c2ncnc3c2oc2ccccc23)cc1. The van der Waals surface area contributed by atoms with Crippen LogP contribution in [0.2, 0.25) is 0 Å². The topological polar surface area (TPSA) is 80.5 Å².